The average molecular weight is 243 g/mol. The van der Waals surface area contributed by atoms with E-state index in [9.17, 15) is 0 Å². The molecule has 0 unspecified atom stereocenters. The molecular formula is C12H30AlN3. The third-order valence-electron chi connectivity index (χ3n) is 1.73. The Labute approximate surface area is 107 Å². The van der Waals surface area contributed by atoms with Gasteiger partial charge in [0.25, 0.3) is 0 Å². The molecule has 4 heteroatoms. The summed E-state index contributed by atoms with van der Waals surface area (Å²) >= 11 is -1.36. The van der Waals surface area contributed by atoms with Gasteiger partial charge in [-0.15, -0.1) is 0 Å². The maximum Gasteiger partial charge on any atom is 0.601 e. The van der Waals surface area contributed by atoms with Crippen LogP contribution >= 0.6 is 0 Å². The van der Waals surface area contributed by atoms with Gasteiger partial charge < -0.3 is 12.9 Å². The number of rotatable bonds is 3. The fourth-order valence-electron chi connectivity index (χ4n) is 1.41. The van der Waals surface area contributed by atoms with Gasteiger partial charge in [0.2, 0.25) is 0 Å². The van der Waals surface area contributed by atoms with Crippen LogP contribution in [0.4, 0.5) is 0 Å². The van der Waals surface area contributed by atoms with E-state index in [2.05, 4.69) is 75.2 Å². The van der Waals surface area contributed by atoms with Crippen molar-refractivity contribution in [1.82, 2.24) is 12.9 Å². The molecule has 0 atom stereocenters. The first-order chi connectivity index (χ1) is 6.79. The molecule has 3 N–H and O–H groups in total. The second kappa shape index (κ2) is 5.37. The Morgan fingerprint density at radius 1 is 0.500 bits per heavy atom. The Balaban J connectivity index is 4.53. The van der Waals surface area contributed by atoms with Gasteiger partial charge in [0.15, 0.2) is 0 Å². The van der Waals surface area contributed by atoms with Gasteiger partial charge in [-0.1, -0.05) is 0 Å². The van der Waals surface area contributed by atoms with Crippen molar-refractivity contribution in [2.75, 3.05) is 0 Å². The SMILES string of the molecule is CC(C)(C)[NH][Al]([NH]C(C)(C)C)[NH]C(C)(C)C. The lowest BCUT2D eigenvalue weighted by Crippen LogP contribution is -2.70. The molecule has 0 aromatic heterocycles. The highest BCUT2D eigenvalue weighted by atomic mass is 27.2. The molecular weight excluding hydrogens is 213 g/mol. The lowest BCUT2D eigenvalue weighted by atomic mass is 10.1. The van der Waals surface area contributed by atoms with Crippen molar-refractivity contribution in [2.45, 2.75) is 78.9 Å². The van der Waals surface area contributed by atoms with Crippen LogP contribution in [0.3, 0.4) is 0 Å². The Morgan fingerprint density at radius 3 is 0.812 bits per heavy atom. The topological polar surface area (TPSA) is 36.1 Å². The summed E-state index contributed by atoms with van der Waals surface area (Å²) in [5, 5.41) is 0. The average Bonchev–Trinajstić information content (AvgIpc) is 1.70. The summed E-state index contributed by atoms with van der Waals surface area (Å²) < 4.78 is 11.1. The molecule has 16 heavy (non-hydrogen) atoms. The number of nitrogens with one attached hydrogen (secondary N) is 3. The molecule has 0 spiro atoms. The molecule has 96 valence electrons. The molecule has 0 aromatic rings. The molecule has 0 aromatic carbocycles. The van der Waals surface area contributed by atoms with Crippen molar-refractivity contribution in [3.05, 3.63) is 0 Å². The predicted octanol–water partition coefficient (Wildman–Crippen LogP) is 2.14. The minimum atomic E-state index is -1.36. The number of hydrogen-bond acceptors (Lipinski definition) is 3. The highest BCUT2D eigenvalue weighted by Gasteiger charge is 2.33. The predicted molar refractivity (Wildman–Crippen MR) is 74.4 cm³/mol. The fourth-order valence-corrected chi connectivity index (χ4v) is 4.22. The van der Waals surface area contributed by atoms with E-state index in [0.717, 1.165) is 0 Å². The molecule has 0 saturated carbocycles. The first kappa shape index (κ1) is 16.4. The first-order valence-corrected chi connectivity index (χ1v) is 7.85. The third kappa shape index (κ3) is 10.9. The Kier molecular flexibility index (Phi) is 5.51. The van der Waals surface area contributed by atoms with Crippen molar-refractivity contribution >= 4 is 14.8 Å². The second-order valence-corrected chi connectivity index (χ2v) is 9.35. The molecule has 0 saturated heterocycles. The van der Waals surface area contributed by atoms with E-state index < -0.39 is 14.8 Å². The zero-order chi connectivity index (χ0) is 13.2. The molecule has 0 rings (SSSR count). The molecule has 3 nitrogen and oxygen atoms in total. The van der Waals surface area contributed by atoms with Crippen molar-refractivity contribution < 1.29 is 0 Å². The zero-order valence-electron chi connectivity index (χ0n) is 12.6. The van der Waals surface area contributed by atoms with Crippen LogP contribution in [-0.2, 0) is 0 Å². The van der Waals surface area contributed by atoms with Crippen LogP contribution in [0.1, 0.15) is 62.3 Å². The van der Waals surface area contributed by atoms with Crippen LogP contribution in [0.15, 0.2) is 0 Å². The van der Waals surface area contributed by atoms with E-state index >= 15 is 0 Å². The van der Waals surface area contributed by atoms with Crippen molar-refractivity contribution in [3.63, 3.8) is 0 Å². The largest absolute Gasteiger partial charge is 0.601 e. The van der Waals surface area contributed by atoms with Crippen LogP contribution in [0, 0.1) is 0 Å². The summed E-state index contributed by atoms with van der Waals surface area (Å²) in [6.07, 6.45) is 0. The molecule has 0 fully saturated rings. The monoisotopic (exact) mass is 243 g/mol. The van der Waals surface area contributed by atoms with Gasteiger partial charge in [-0.3, -0.25) is 0 Å². The highest BCUT2D eigenvalue weighted by molar-refractivity contribution is 6.51. The summed E-state index contributed by atoms with van der Waals surface area (Å²) in [6.45, 7) is 19.9. The summed E-state index contributed by atoms with van der Waals surface area (Å²) in [5.74, 6) is 0. The quantitative estimate of drug-likeness (QED) is 0.665. The summed E-state index contributed by atoms with van der Waals surface area (Å²) in [5.41, 5.74) is 0.439. The lowest BCUT2D eigenvalue weighted by Gasteiger charge is -2.35. The van der Waals surface area contributed by atoms with E-state index in [1.54, 1.807) is 0 Å². The molecule has 0 radical (unpaired) electrons. The summed E-state index contributed by atoms with van der Waals surface area (Å²) in [7, 11) is 0. The van der Waals surface area contributed by atoms with Crippen LogP contribution in [0.25, 0.3) is 0 Å². The van der Waals surface area contributed by atoms with Gasteiger partial charge >= 0.3 is 14.8 Å². The van der Waals surface area contributed by atoms with E-state index in [-0.39, 0.29) is 16.6 Å². The van der Waals surface area contributed by atoms with Crippen molar-refractivity contribution in [2.24, 2.45) is 0 Å². The second-order valence-electron chi connectivity index (χ2n) is 7.62. The van der Waals surface area contributed by atoms with Crippen molar-refractivity contribution in [3.8, 4) is 0 Å². The Bertz CT molecular complexity index is 170. The first-order valence-electron chi connectivity index (χ1n) is 6.12. The standard InChI is InChI=1S/3C4H10N.Al/c3*1-4(2,3)5;/h3*5H,1-3H3;/q3*-1;+3. The molecule has 0 aliphatic heterocycles. The molecule has 0 aliphatic rings. The van der Waals surface area contributed by atoms with Gasteiger partial charge in [-0.2, -0.15) is 0 Å². The highest BCUT2D eigenvalue weighted by Crippen LogP contribution is 2.05. The lowest BCUT2D eigenvalue weighted by molar-refractivity contribution is 0.435. The van der Waals surface area contributed by atoms with Gasteiger partial charge in [0, 0.05) is 0 Å². The Morgan fingerprint density at radius 2 is 0.688 bits per heavy atom. The van der Waals surface area contributed by atoms with Gasteiger partial charge in [-0.25, -0.2) is 0 Å². The fraction of sp³-hybridized carbons (Fsp3) is 1.00. The van der Waals surface area contributed by atoms with Crippen LogP contribution in [-0.4, -0.2) is 31.4 Å². The van der Waals surface area contributed by atoms with Gasteiger partial charge in [0.05, 0.1) is 0 Å². The maximum absolute atomic E-state index is 3.69. The molecule has 0 aliphatic carbocycles. The molecule has 0 amide bonds. The minimum Gasteiger partial charge on any atom is -0.367 e. The third-order valence-corrected chi connectivity index (χ3v) is 5.20. The molecule has 0 bridgehead atoms. The van der Waals surface area contributed by atoms with E-state index in [1.165, 1.54) is 0 Å². The van der Waals surface area contributed by atoms with E-state index in [1.807, 2.05) is 0 Å². The molecule has 0 heterocycles. The van der Waals surface area contributed by atoms with Gasteiger partial charge in [0.1, 0.15) is 0 Å². The zero-order valence-corrected chi connectivity index (χ0v) is 13.7. The van der Waals surface area contributed by atoms with Crippen LogP contribution < -0.4 is 12.9 Å². The van der Waals surface area contributed by atoms with E-state index in [0.29, 0.717) is 0 Å². The van der Waals surface area contributed by atoms with Crippen LogP contribution in [0.2, 0.25) is 0 Å². The summed E-state index contributed by atoms with van der Waals surface area (Å²) in [6, 6.07) is 0. The number of hydrogen-bond donors (Lipinski definition) is 3. The maximum atomic E-state index is 3.69. The summed E-state index contributed by atoms with van der Waals surface area (Å²) in [4.78, 5) is 0. The normalized spacial score (nSPS) is 14.1. The minimum absolute atomic E-state index is 0.146. The van der Waals surface area contributed by atoms with Crippen LogP contribution in [0.5, 0.6) is 0 Å². The smallest absolute Gasteiger partial charge is 0.367 e. The Hall–Kier alpha value is 0.412. The van der Waals surface area contributed by atoms with Crippen molar-refractivity contribution in [1.29, 1.82) is 0 Å². The van der Waals surface area contributed by atoms with E-state index in [4.69, 9.17) is 0 Å². The van der Waals surface area contributed by atoms with Gasteiger partial charge in [-0.05, 0) is 78.9 Å².